The molecule has 2 atom stereocenters. The number of methoxy groups -OCH3 is 1. The minimum Gasteiger partial charge on any atom is -0.356 e. The second-order valence-corrected chi connectivity index (χ2v) is 6.17. The van der Waals surface area contributed by atoms with Gasteiger partial charge in [-0.1, -0.05) is 17.7 Å². The molecule has 0 N–H and O–H groups in total. The third-order valence-electron chi connectivity index (χ3n) is 3.05. The van der Waals surface area contributed by atoms with Crippen LogP contribution in [0.25, 0.3) is 0 Å². The summed E-state index contributed by atoms with van der Waals surface area (Å²) in [5, 5.41) is 0. The Kier molecular flexibility index (Phi) is 4.57. The molecule has 6 heteroatoms. The average molecular weight is 286 g/mol. The van der Waals surface area contributed by atoms with Gasteiger partial charge in [0.05, 0.1) is 17.6 Å². The molecule has 1 aromatic rings. The molecule has 1 heterocycles. The second kappa shape index (κ2) is 6.00. The quantitative estimate of drug-likeness (QED) is 0.773. The zero-order valence-electron chi connectivity index (χ0n) is 11.0. The maximum atomic E-state index is 11.9. The molecule has 1 fully saturated rings. The molecule has 0 spiro atoms. The van der Waals surface area contributed by atoms with E-state index >= 15 is 0 Å². The first-order chi connectivity index (χ1) is 9.01. The normalized spacial score (nSPS) is 23.7. The van der Waals surface area contributed by atoms with Crippen LogP contribution in [0.2, 0.25) is 0 Å². The Balaban J connectivity index is 1.93. The molecule has 0 saturated carbocycles. The third-order valence-corrected chi connectivity index (χ3v) is 4.35. The molecule has 0 unspecified atom stereocenters. The minimum absolute atomic E-state index is 0.0239. The molecule has 0 bridgehead atoms. The Labute approximate surface area is 113 Å². The molecule has 2 rings (SSSR count). The van der Waals surface area contributed by atoms with Gasteiger partial charge in [0.2, 0.25) is 0 Å². The fourth-order valence-corrected chi connectivity index (χ4v) is 2.84. The lowest BCUT2D eigenvalue weighted by Crippen LogP contribution is -2.20. The van der Waals surface area contributed by atoms with Crippen molar-refractivity contribution in [2.75, 3.05) is 13.7 Å². The monoisotopic (exact) mass is 286 g/mol. The summed E-state index contributed by atoms with van der Waals surface area (Å²) in [5.74, 6) is 0. The lowest BCUT2D eigenvalue weighted by Gasteiger charge is -2.12. The smallest absolute Gasteiger partial charge is 0.297 e. The Morgan fingerprint density at radius 1 is 1.26 bits per heavy atom. The van der Waals surface area contributed by atoms with Gasteiger partial charge in [0, 0.05) is 13.5 Å². The van der Waals surface area contributed by atoms with Crippen LogP contribution in [-0.2, 0) is 23.8 Å². The summed E-state index contributed by atoms with van der Waals surface area (Å²) >= 11 is 0. The summed E-state index contributed by atoms with van der Waals surface area (Å²) < 4.78 is 39.4. The van der Waals surface area contributed by atoms with Gasteiger partial charge in [-0.2, -0.15) is 8.42 Å². The van der Waals surface area contributed by atoms with Crippen LogP contribution >= 0.6 is 0 Å². The van der Waals surface area contributed by atoms with E-state index in [1.54, 1.807) is 19.2 Å². The lowest BCUT2D eigenvalue weighted by molar-refractivity contribution is -0.120. The van der Waals surface area contributed by atoms with Crippen molar-refractivity contribution in [3.8, 4) is 0 Å². The lowest BCUT2D eigenvalue weighted by atomic mass is 10.2. The van der Waals surface area contributed by atoms with Gasteiger partial charge in [-0.15, -0.1) is 0 Å². The van der Waals surface area contributed by atoms with Crippen LogP contribution in [-0.4, -0.2) is 34.5 Å². The molecule has 19 heavy (non-hydrogen) atoms. The van der Waals surface area contributed by atoms with Crippen molar-refractivity contribution in [3.63, 3.8) is 0 Å². The van der Waals surface area contributed by atoms with Crippen LogP contribution in [0.5, 0.6) is 0 Å². The zero-order valence-corrected chi connectivity index (χ0v) is 11.9. The molecule has 5 nitrogen and oxygen atoms in total. The van der Waals surface area contributed by atoms with Crippen molar-refractivity contribution in [1.29, 1.82) is 0 Å². The third kappa shape index (κ3) is 3.76. The number of benzene rings is 1. The molecule has 0 amide bonds. The van der Waals surface area contributed by atoms with Gasteiger partial charge in [0.15, 0.2) is 6.29 Å². The molecule has 1 saturated heterocycles. The van der Waals surface area contributed by atoms with Gasteiger partial charge in [-0.3, -0.25) is 4.18 Å². The van der Waals surface area contributed by atoms with E-state index in [1.807, 2.05) is 6.92 Å². The van der Waals surface area contributed by atoms with Gasteiger partial charge in [-0.05, 0) is 25.5 Å². The number of hydrogen-bond donors (Lipinski definition) is 0. The van der Waals surface area contributed by atoms with Crippen LogP contribution < -0.4 is 0 Å². The summed E-state index contributed by atoms with van der Waals surface area (Å²) in [6.45, 7) is 1.92. The molecular formula is C13H18O5S. The van der Waals surface area contributed by atoms with Crippen molar-refractivity contribution in [2.45, 2.75) is 37.1 Å². The van der Waals surface area contributed by atoms with Gasteiger partial charge in [-0.25, -0.2) is 0 Å². The largest absolute Gasteiger partial charge is 0.356 e. The Hall–Kier alpha value is -0.950. The topological polar surface area (TPSA) is 61.8 Å². The van der Waals surface area contributed by atoms with E-state index in [0.29, 0.717) is 0 Å². The molecule has 1 aromatic carbocycles. The van der Waals surface area contributed by atoms with Crippen LogP contribution in [0.15, 0.2) is 29.2 Å². The van der Waals surface area contributed by atoms with Crippen LogP contribution in [0, 0.1) is 6.92 Å². The summed E-state index contributed by atoms with van der Waals surface area (Å²) in [4.78, 5) is 0.166. The fourth-order valence-electron chi connectivity index (χ4n) is 1.91. The van der Waals surface area contributed by atoms with Crippen molar-refractivity contribution in [3.05, 3.63) is 29.8 Å². The van der Waals surface area contributed by atoms with Gasteiger partial charge >= 0.3 is 0 Å². The molecule has 0 aromatic heterocycles. The molecule has 0 aliphatic carbocycles. The second-order valence-electron chi connectivity index (χ2n) is 4.55. The molecule has 106 valence electrons. The highest BCUT2D eigenvalue weighted by atomic mass is 32.2. The molecule has 1 aliphatic heterocycles. The summed E-state index contributed by atoms with van der Waals surface area (Å²) in [6.07, 6.45) is 1.01. The van der Waals surface area contributed by atoms with E-state index in [9.17, 15) is 8.42 Å². The van der Waals surface area contributed by atoms with E-state index in [1.165, 1.54) is 12.1 Å². The van der Waals surface area contributed by atoms with E-state index in [4.69, 9.17) is 13.7 Å². The molecular weight excluding hydrogens is 268 g/mol. The summed E-state index contributed by atoms with van der Waals surface area (Å²) in [6, 6.07) is 6.56. The average Bonchev–Trinajstić information content (AvgIpc) is 2.85. The maximum absolute atomic E-state index is 11.9. The highest BCUT2D eigenvalue weighted by molar-refractivity contribution is 7.86. The highest BCUT2D eigenvalue weighted by Crippen LogP contribution is 2.22. The van der Waals surface area contributed by atoms with Gasteiger partial charge in [0.25, 0.3) is 10.1 Å². The van der Waals surface area contributed by atoms with Crippen molar-refractivity contribution < 1.29 is 22.1 Å². The fraction of sp³-hybridized carbons (Fsp3) is 0.538. The van der Waals surface area contributed by atoms with Crippen molar-refractivity contribution in [1.82, 2.24) is 0 Å². The van der Waals surface area contributed by atoms with Crippen LogP contribution in [0.1, 0.15) is 18.4 Å². The summed E-state index contributed by atoms with van der Waals surface area (Å²) in [7, 11) is -2.14. The maximum Gasteiger partial charge on any atom is 0.297 e. The standard InChI is InChI=1S/C13H18O5S/c1-10-3-6-12(7-4-10)19(14,15)17-9-11-5-8-13(16-2)18-11/h3-4,6-7,11,13H,5,8-9H2,1-2H3/t11-,13-/m0/s1. The summed E-state index contributed by atoms with van der Waals surface area (Å²) in [5.41, 5.74) is 1.00. The van der Waals surface area contributed by atoms with Gasteiger partial charge in [0.1, 0.15) is 0 Å². The van der Waals surface area contributed by atoms with E-state index in [0.717, 1.165) is 18.4 Å². The Bertz CT molecular complexity index is 508. The minimum atomic E-state index is -3.71. The van der Waals surface area contributed by atoms with E-state index < -0.39 is 10.1 Å². The molecule has 0 radical (unpaired) electrons. The Morgan fingerprint density at radius 2 is 1.95 bits per heavy atom. The predicted molar refractivity (Wildman–Crippen MR) is 69.2 cm³/mol. The number of hydrogen-bond acceptors (Lipinski definition) is 5. The first-order valence-electron chi connectivity index (χ1n) is 6.15. The molecule has 1 aliphatic rings. The number of aryl methyl sites for hydroxylation is 1. The highest BCUT2D eigenvalue weighted by Gasteiger charge is 2.27. The van der Waals surface area contributed by atoms with Gasteiger partial charge < -0.3 is 9.47 Å². The first-order valence-corrected chi connectivity index (χ1v) is 7.56. The first kappa shape index (κ1) is 14.5. The number of ether oxygens (including phenoxy) is 2. The van der Waals surface area contributed by atoms with Crippen LogP contribution in [0.4, 0.5) is 0 Å². The van der Waals surface area contributed by atoms with Crippen molar-refractivity contribution in [2.24, 2.45) is 0 Å². The zero-order chi connectivity index (χ0) is 13.9. The SMILES string of the molecule is CO[C@@H]1CC[C@@H](COS(=O)(=O)c2ccc(C)cc2)O1. The van der Waals surface area contributed by atoms with Crippen molar-refractivity contribution >= 4 is 10.1 Å². The van der Waals surface area contributed by atoms with E-state index in [2.05, 4.69) is 0 Å². The van der Waals surface area contributed by atoms with Crippen LogP contribution in [0.3, 0.4) is 0 Å². The number of rotatable bonds is 5. The van der Waals surface area contributed by atoms with E-state index in [-0.39, 0.29) is 23.9 Å². The Morgan fingerprint density at radius 3 is 2.53 bits per heavy atom. The predicted octanol–water partition coefficient (Wildman–Crippen LogP) is 1.85.